The van der Waals surface area contributed by atoms with E-state index in [1.807, 2.05) is 0 Å². The molecular weight excluding hydrogens is 598 g/mol. The van der Waals surface area contributed by atoms with Gasteiger partial charge in [-0.2, -0.15) is 0 Å². The van der Waals surface area contributed by atoms with Gasteiger partial charge < -0.3 is 40.9 Å². The maximum Gasteiger partial charge on any atom is 0.317 e. The lowest BCUT2D eigenvalue weighted by atomic mass is 10.1. The molecule has 1 aliphatic heterocycles. The third-order valence-electron chi connectivity index (χ3n) is 6.11. The Balaban J connectivity index is -0.00000144. The SMILES string of the molecule is Cl.Cl.Cl.Cl.O=C(O)CN1CCN(C(CO)C(O)CO)CCN(CC(=O)O)CCN(C(CO)C(O)CO)CC1. The van der Waals surface area contributed by atoms with Gasteiger partial charge in [-0.3, -0.25) is 29.2 Å². The second kappa shape index (κ2) is 24.5. The first-order valence-electron chi connectivity index (χ1n) is 11.3. The molecule has 4 unspecified atom stereocenters. The molecular formula is C20H44Cl4N4O10. The highest BCUT2D eigenvalue weighted by molar-refractivity contribution is 5.86. The van der Waals surface area contributed by atoms with Gasteiger partial charge in [-0.1, -0.05) is 0 Å². The van der Waals surface area contributed by atoms with Crippen molar-refractivity contribution in [1.29, 1.82) is 0 Å². The van der Waals surface area contributed by atoms with Gasteiger partial charge in [-0.25, -0.2) is 0 Å². The van der Waals surface area contributed by atoms with E-state index in [0.717, 1.165) is 0 Å². The molecule has 0 aliphatic carbocycles. The summed E-state index contributed by atoms with van der Waals surface area (Å²) >= 11 is 0. The van der Waals surface area contributed by atoms with Crippen molar-refractivity contribution < 1.29 is 50.4 Å². The Bertz CT molecular complexity index is 554. The summed E-state index contributed by atoms with van der Waals surface area (Å²) in [5, 5.41) is 77.2. The minimum absolute atomic E-state index is 0. The molecule has 0 aromatic heterocycles. The molecule has 0 aromatic rings. The van der Waals surface area contributed by atoms with Crippen LogP contribution in [0.2, 0.25) is 0 Å². The molecule has 18 heteroatoms. The lowest BCUT2D eigenvalue weighted by Crippen LogP contribution is -2.56. The summed E-state index contributed by atoms with van der Waals surface area (Å²) in [7, 11) is 0. The van der Waals surface area contributed by atoms with Crippen molar-refractivity contribution in [1.82, 2.24) is 19.6 Å². The van der Waals surface area contributed by atoms with Gasteiger partial charge in [0.25, 0.3) is 0 Å². The molecule has 1 fully saturated rings. The summed E-state index contributed by atoms with van der Waals surface area (Å²) in [6, 6.07) is -1.64. The normalized spacial score (nSPS) is 19.9. The molecule has 0 saturated carbocycles. The van der Waals surface area contributed by atoms with Crippen molar-refractivity contribution in [3.05, 3.63) is 0 Å². The number of carboxylic acid groups (broad SMARTS) is 2. The van der Waals surface area contributed by atoms with Gasteiger partial charge in [0, 0.05) is 52.4 Å². The van der Waals surface area contributed by atoms with Crippen molar-refractivity contribution >= 4 is 61.6 Å². The summed E-state index contributed by atoms with van der Waals surface area (Å²) < 4.78 is 0. The van der Waals surface area contributed by atoms with E-state index in [4.69, 9.17) is 0 Å². The van der Waals surface area contributed by atoms with Crippen LogP contribution in [0, 0.1) is 0 Å². The number of nitrogens with zero attached hydrogens (tertiary/aromatic N) is 4. The van der Waals surface area contributed by atoms with Crippen LogP contribution in [-0.2, 0) is 9.59 Å². The quantitative estimate of drug-likeness (QED) is 0.104. The van der Waals surface area contributed by atoms with Crippen molar-refractivity contribution in [2.75, 3.05) is 91.9 Å². The predicted octanol–water partition coefficient (Wildman–Crippen LogP) is -3.51. The van der Waals surface area contributed by atoms with Gasteiger partial charge in [0.2, 0.25) is 0 Å². The Morgan fingerprint density at radius 2 is 0.789 bits per heavy atom. The summed E-state index contributed by atoms with van der Waals surface area (Å²) in [6.07, 6.45) is -2.47. The average Bonchev–Trinajstić information content (AvgIpc) is 2.79. The first-order valence-corrected chi connectivity index (χ1v) is 11.3. The van der Waals surface area contributed by atoms with E-state index in [-0.39, 0.29) is 115 Å². The number of aliphatic hydroxyl groups is 6. The van der Waals surface area contributed by atoms with E-state index < -0.39 is 62.7 Å². The van der Waals surface area contributed by atoms with Crippen LogP contribution >= 0.6 is 49.6 Å². The smallest absolute Gasteiger partial charge is 0.317 e. The third-order valence-corrected chi connectivity index (χ3v) is 6.11. The molecule has 1 rings (SSSR count). The van der Waals surface area contributed by atoms with Gasteiger partial charge in [0.05, 0.1) is 63.8 Å². The Labute approximate surface area is 247 Å². The van der Waals surface area contributed by atoms with E-state index in [0.29, 0.717) is 0 Å². The second-order valence-electron chi connectivity index (χ2n) is 8.41. The molecule has 14 nitrogen and oxygen atoms in total. The fourth-order valence-corrected chi connectivity index (χ4v) is 4.09. The molecule has 4 atom stereocenters. The van der Waals surface area contributed by atoms with Crippen molar-refractivity contribution in [3.8, 4) is 0 Å². The van der Waals surface area contributed by atoms with Crippen LogP contribution < -0.4 is 0 Å². The number of hydrogen-bond donors (Lipinski definition) is 8. The van der Waals surface area contributed by atoms with Gasteiger partial charge in [0.15, 0.2) is 0 Å². The maximum absolute atomic E-state index is 11.4. The Morgan fingerprint density at radius 3 is 0.974 bits per heavy atom. The molecule has 0 radical (unpaired) electrons. The largest absolute Gasteiger partial charge is 0.480 e. The maximum atomic E-state index is 11.4. The van der Waals surface area contributed by atoms with Crippen LogP contribution in [0.4, 0.5) is 0 Å². The van der Waals surface area contributed by atoms with E-state index in [9.17, 15) is 50.4 Å². The Hall–Kier alpha value is -0.300. The summed E-state index contributed by atoms with van der Waals surface area (Å²) in [4.78, 5) is 29.4. The average molecular weight is 642 g/mol. The highest BCUT2D eigenvalue weighted by atomic mass is 35.5. The molecule has 0 spiro atoms. The number of carboxylic acids is 2. The topological polar surface area (TPSA) is 209 Å². The predicted molar refractivity (Wildman–Crippen MR) is 148 cm³/mol. The number of aliphatic hydroxyl groups excluding tert-OH is 6. The van der Waals surface area contributed by atoms with Crippen molar-refractivity contribution in [2.24, 2.45) is 0 Å². The van der Waals surface area contributed by atoms with E-state index in [2.05, 4.69) is 0 Å². The molecule has 38 heavy (non-hydrogen) atoms. The van der Waals surface area contributed by atoms with Gasteiger partial charge in [0.1, 0.15) is 0 Å². The molecule has 0 bridgehead atoms. The zero-order valence-corrected chi connectivity index (χ0v) is 24.3. The van der Waals surface area contributed by atoms with Gasteiger partial charge >= 0.3 is 11.9 Å². The monoisotopic (exact) mass is 640 g/mol. The van der Waals surface area contributed by atoms with Crippen LogP contribution in [0.25, 0.3) is 0 Å². The molecule has 0 amide bonds. The summed E-state index contributed by atoms with van der Waals surface area (Å²) in [5.74, 6) is -2.11. The van der Waals surface area contributed by atoms with Crippen LogP contribution in [0.3, 0.4) is 0 Å². The fourth-order valence-electron chi connectivity index (χ4n) is 4.09. The first-order chi connectivity index (χ1) is 16.2. The van der Waals surface area contributed by atoms with Crippen LogP contribution in [0.5, 0.6) is 0 Å². The molecule has 1 heterocycles. The minimum atomic E-state index is -1.24. The lowest BCUT2D eigenvalue weighted by molar-refractivity contribution is -0.139. The summed E-state index contributed by atoms with van der Waals surface area (Å²) in [6.45, 7) is -0.753. The van der Waals surface area contributed by atoms with Crippen LogP contribution in [-0.4, -0.2) is 189 Å². The number of aliphatic carboxylic acids is 2. The van der Waals surface area contributed by atoms with Crippen molar-refractivity contribution in [2.45, 2.75) is 24.3 Å². The number of halogens is 4. The van der Waals surface area contributed by atoms with E-state index >= 15 is 0 Å². The van der Waals surface area contributed by atoms with Gasteiger partial charge in [-0.15, -0.1) is 49.6 Å². The zero-order chi connectivity index (χ0) is 25.7. The van der Waals surface area contributed by atoms with Gasteiger partial charge in [-0.05, 0) is 0 Å². The third kappa shape index (κ3) is 16.1. The number of carbonyl (C=O) groups is 2. The van der Waals surface area contributed by atoms with Crippen LogP contribution in [0.15, 0.2) is 0 Å². The molecule has 232 valence electrons. The Kier molecular flexibility index (Phi) is 28.8. The minimum Gasteiger partial charge on any atom is -0.480 e. The van der Waals surface area contributed by atoms with Crippen LogP contribution in [0.1, 0.15) is 0 Å². The number of rotatable bonds is 12. The number of hydrogen-bond acceptors (Lipinski definition) is 12. The first kappa shape index (κ1) is 44.7. The standard InChI is InChI=1S/C20H40N4O10.4ClH/c25-11-15(17(29)13-27)23-5-1-21(9-19(31)32)2-6-24(16(12-26)18(30)14-28)8-4-22(3-7-23)10-20(33)34;;;;/h15-18,25-30H,1-14H2,(H,31,32)(H,33,34);4*1H. The fraction of sp³-hybridized carbons (Fsp3) is 0.900. The highest BCUT2D eigenvalue weighted by Gasteiger charge is 2.29. The molecule has 0 aromatic carbocycles. The van der Waals surface area contributed by atoms with E-state index in [1.54, 1.807) is 19.6 Å². The molecule has 1 saturated heterocycles. The molecule has 8 N–H and O–H groups in total. The highest BCUT2D eigenvalue weighted by Crippen LogP contribution is 2.10. The zero-order valence-electron chi connectivity index (χ0n) is 21.0. The summed E-state index contributed by atoms with van der Waals surface area (Å²) in [5.41, 5.74) is 0. The molecule has 1 aliphatic rings. The van der Waals surface area contributed by atoms with E-state index in [1.165, 1.54) is 0 Å². The lowest BCUT2D eigenvalue weighted by Gasteiger charge is -2.39. The van der Waals surface area contributed by atoms with Crippen molar-refractivity contribution in [3.63, 3.8) is 0 Å². The Morgan fingerprint density at radius 1 is 0.526 bits per heavy atom. The second-order valence-corrected chi connectivity index (χ2v) is 8.41.